The summed E-state index contributed by atoms with van der Waals surface area (Å²) >= 11 is 0. The highest BCUT2D eigenvalue weighted by Crippen LogP contribution is 2.45. The van der Waals surface area contributed by atoms with Gasteiger partial charge < -0.3 is 20.1 Å². The number of nitrogens with one attached hydrogen (secondary N) is 3. The Morgan fingerprint density at radius 3 is 2.66 bits per heavy atom. The van der Waals surface area contributed by atoms with Gasteiger partial charge in [0.1, 0.15) is 23.1 Å². The van der Waals surface area contributed by atoms with Crippen LogP contribution in [0.1, 0.15) is 89.7 Å². The maximum atomic E-state index is 13.9. The van der Waals surface area contributed by atoms with E-state index in [-0.39, 0.29) is 43.6 Å². The fraction of sp³-hybridized carbons (Fsp3) is 0.528. The number of hydrogen-bond donors (Lipinski definition) is 3. The van der Waals surface area contributed by atoms with E-state index in [4.69, 9.17) is 14.5 Å². The molecule has 2 saturated carbocycles. The Balaban J connectivity index is 1.23. The summed E-state index contributed by atoms with van der Waals surface area (Å²) in [6, 6.07) is 8.15. The smallest absolute Gasteiger partial charge is 0.259 e. The summed E-state index contributed by atoms with van der Waals surface area (Å²) < 4.78 is 41.4. The van der Waals surface area contributed by atoms with E-state index in [1.54, 1.807) is 23.9 Å². The number of rotatable bonds is 10. The van der Waals surface area contributed by atoms with Crippen molar-refractivity contribution in [1.29, 1.82) is 0 Å². The van der Waals surface area contributed by atoms with Crippen LogP contribution in [0.4, 0.5) is 0 Å². The molecule has 268 valence electrons. The van der Waals surface area contributed by atoms with E-state index >= 15 is 0 Å². The third kappa shape index (κ3) is 7.79. The predicted octanol–water partition coefficient (Wildman–Crippen LogP) is 4.20. The van der Waals surface area contributed by atoms with Gasteiger partial charge in [-0.05, 0) is 62.6 Å². The Morgan fingerprint density at radius 1 is 1.12 bits per heavy atom. The van der Waals surface area contributed by atoms with Crippen molar-refractivity contribution < 1.29 is 32.3 Å². The van der Waals surface area contributed by atoms with Gasteiger partial charge in [0, 0.05) is 42.5 Å². The maximum absolute atomic E-state index is 13.9. The summed E-state index contributed by atoms with van der Waals surface area (Å²) in [5.74, 6) is -0.0637. The van der Waals surface area contributed by atoms with Crippen molar-refractivity contribution in [3.05, 3.63) is 54.4 Å². The van der Waals surface area contributed by atoms with Crippen LogP contribution in [-0.4, -0.2) is 71.5 Å². The first-order valence-electron chi connectivity index (χ1n) is 17.5. The minimum absolute atomic E-state index is 0.0396. The number of ether oxygens (including phenoxy) is 2. The SMILES string of the molecule is COc1ccc2c(OCC[C@@H]3NC(=O)CCCCCC=C[C@@H]4C[C@@]4(C(=O)NS(=O)(=O)C4CCC4)NC3=O)cc(-n3ccc(C(C)C)n3)nc2c1. The molecule has 3 aliphatic rings. The van der Waals surface area contributed by atoms with Crippen molar-refractivity contribution in [2.45, 2.75) is 101 Å². The van der Waals surface area contributed by atoms with Crippen molar-refractivity contribution >= 4 is 38.6 Å². The zero-order valence-electron chi connectivity index (χ0n) is 28.8. The fourth-order valence-corrected chi connectivity index (χ4v) is 7.94. The summed E-state index contributed by atoms with van der Waals surface area (Å²) in [6.07, 6.45) is 11.3. The predicted molar refractivity (Wildman–Crippen MR) is 187 cm³/mol. The monoisotopic (exact) mass is 706 g/mol. The lowest BCUT2D eigenvalue weighted by atomic mass is 10.0. The molecule has 0 spiro atoms. The highest BCUT2D eigenvalue weighted by molar-refractivity contribution is 7.90. The molecule has 3 heterocycles. The second-order valence-electron chi connectivity index (χ2n) is 13.8. The molecule has 6 rings (SSSR count). The summed E-state index contributed by atoms with van der Waals surface area (Å²) in [7, 11) is -2.28. The largest absolute Gasteiger partial charge is 0.497 e. The topological polar surface area (TPSA) is 171 Å². The molecule has 50 heavy (non-hydrogen) atoms. The van der Waals surface area contributed by atoms with Crippen LogP contribution < -0.4 is 24.8 Å². The van der Waals surface area contributed by atoms with E-state index in [2.05, 4.69) is 34.3 Å². The van der Waals surface area contributed by atoms with Crippen LogP contribution >= 0.6 is 0 Å². The molecule has 3 N–H and O–H groups in total. The van der Waals surface area contributed by atoms with Crippen molar-refractivity contribution in [2.24, 2.45) is 5.92 Å². The van der Waals surface area contributed by atoms with Crippen molar-refractivity contribution in [2.75, 3.05) is 13.7 Å². The van der Waals surface area contributed by atoms with Gasteiger partial charge in [0.05, 0.1) is 30.2 Å². The Bertz CT molecular complexity index is 1890. The highest BCUT2D eigenvalue weighted by Gasteiger charge is 2.61. The first-order chi connectivity index (χ1) is 24.0. The normalized spacial score (nSPS) is 23.3. The molecule has 3 amide bonds. The van der Waals surface area contributed by atoms with Gasteiger partial charge in [-0.3, -0.25) is 19.1 Å². The number of pyridine rings is 1. The Labute approximate surface area is 292 Å². The third-order valence-electron chi connectivity index (χ3n) is 9.85. The lowest BCUT2D eigenvalue weighted by Gasteiger charge is -2.28. The number of aromatic nitrogens is 3. The van der Waals surface area contributed by atoms with Crippen LogP contribution in [-0.2, 0) is 24.4 Å². The van der Waals surface area contributed by atoms with E-state index in [9.17, 15) is 22.8 Å². The maximum Gasteiger partial charge on any atom is 0.259 e. The Morgan fingerprint density at radius 2 is 1.94 bits per heavy atom. The first kappa shape index (κ1) is 35.4. The minimum Gasteiger partial charge on any atom is -0.497 e. The van der Waals surface area contributed by atoms with Crippen molar-refractivity contribution in [1.82, 2.24) is 30.1 Å². The number of benzene rings is 1. The first-order valence-corrected chi connectivity index (χ1v) is 19.1. The third-order valence-corrected chi connectivity index (χ3v) is 11.7. The molecule has 13 nitrogen and oxygen atoms in total. The summed E-state index contributed by atoms with van der Waals surface area (Å²) in [5.41, 5.74) is 0.114. The standard InChI is InChI=1S/C36H46N6O7S/c1-23(2)28-16-18-42(40-28)32-21-31(27-15-14-25(48-3)20-30(27)37-32)49-19-17-29-34(44)39-36(35(45)41-50(46,47)26-11-9-12-26)22-24(36)10-7-5-4-6-8-13-33(43)38-29/h7,10,14-16,18,20-21,23-24,26,29H,4-6,8-9,11-13,17,19,22H2,1-3H3,(H,38,43)(H,39,44)(H,41,45)/t24-,29+,36-/m1/s1. The van der Waals surface area contributed by atoms with E-state index < -0.39 is 38.7 Å². The van der Waals surface area contributed by atoms with E-state index in [1.165, 1.54) is 0 Å². The van der Waals surface area contributed by atoms with Crippen LogP contribution in [0.15, 0.2) is 48.7 Å². The molecule has 0 radical (unpaired) electrons. The van der Waals surface area contributed by atoms with Crippen LogP contribution in [0.2, 0.25) is 0 Å². The fourth-order valence-electron chi connectivity index (χ4n) is 6.38. The molecule has 0 unspecified atom stereocenters. The molecule has 3 aromatic rings. The zero-order chi connectivity index (χ0) is 35.5. The number of nitrogens with zero attached hydrogens (tertiary/aromatic N) is 3. The van der Waals surface area contributed by atoms with Gasteiger partial charge in [0.2, 0.25) is 21.8 Å². The molecule has 1 aliphatic heterocycles. The molecule has 3 atom stereocenters. The number of carbonyl (C=O) groups excluding carboxylic acids is 3. The number of allylic oxidation sites excluding steroid dienone is 1. The summed E-state index contributed by atoms with van der Waals surface area (Å²) in [6.45, 7) is 4.16. The second-order valence-corrected chi connectivity index (χ2v) is 15.7. The summed E-state index contributed by atoms with van der Waals surface area (Å²) in [4.78, 5) is 45.3. The lowest BCUT2D eigenvalue weighted by Crippen LogP contribution is -2.58. The average molecular weight is 707 g/mol. The van der Waals surface area contributed by atoms with E-state index in [0.717, 1.165) is 36.8 Å². The van der Waals surface area contributed by atoms with Crippen LogP contribution in [0.25, 0.3) is 16.7 Å². The Hall–Kier alpha value is -4.46. The van der Waals surface area contributed by atoms with Gasteiger partial charge in [-0.25, -0.2) is 18.1 Å². The number of amides is 3. The molecule has 1 aromatic carbocycles. The van der Waals surface area contributed by atoms with Crippen LogP contribution in [0.5, 0.6) is 11.5 Å². The number of hydrogen-bond acceptors (Lipinski definition) is 9. The van der Waals surface area contributed by atoms with E-state index in [0.29, 0.717) is 42.1 Å². The van der Waals surface area contributed by atoms with Gasteiger partial charge in [0.25, 0.3) is 5.91 Å². The molecule has 0 saturated heterocycles. The number of carbonyl (C=O) groups is 3. The molecular weight excluding hydrogens is 660 g/mol. The minimum atomic E-state index is -3.86. The molecule has 2 aliphatic carbocycles. The lowest BCUT2D eigenvalue weighted by molar-refractivity contribution is -0.132. The van der Waals surface area contributed by atoms with Crippen LogP contribution in [0, 0.1) is 5.92 Å². The number of methoxy groups -OCH3 is 1. The van der Waals surface area contributed by atoms with Gasteiger partial charge in [-0.1, -0.05) is 38.8 Å². The van der Waals surface area contributed by atoms with Gasteiger partial charge >= 0.3 is 0 Å². The average Bonchev–Trinajstić information content (AvgIpc) is 3.50. The number of fused-ring (bicyclic) bond motifs is 2. The highest BCUT2D eigenvalue weighted by atomic mass is 32.2. The number of sulfonamides is 1. The van der Waals surface area contributed by atoms with E-state index in [1.807, 2.05) is 36.5 Å². The van der Waals surface area contributed by atoms with Gasteiger partial charge in [0.15, 0.2) is 5.82 Å². The molecule has 14 heteroatoms. The van der Waals surface area contributed by atoms with Crippen molar-refractivity contribution in [3.63, 3.8) is 0 Å². The molecular formula is C36H46N6O7S. The second kappa shape index (κ2) is 14.8. The summed E-state index contributed by atoms with van der Waals surface area (Å²) in [5, 5.41) is 10.5. The zero-order valence-corrected chi connectivity index (χ0v) is 29.6. The van der Waals surface area contributed by atoms with Crippen molar-refractivity contribution in [3.8, 4) is 17.3 Å². The molecule has 2 fully saturated rings. The van der Waals surface area contributed by atoms with Gasteiger partial charge in [-0.2, -0.15) is 5.10 Å². The Kier molecular flexibility index (Phi) is 10.5. The molecule has 2 aromatic heterocycles. The molecule has 0 bridgehead atoms. The van der Waals surface area contributed by atoms with Gasteiger partial charge in [-0.15, -0.1) is 0 Å². The quantitative estimate of drug-likeness (QED) is 0.262. The van der Waals surface area contributed by atoms with Crippen LogP contribution in [0.3, 0.4) is 0 Å².